The van der Waals surface area contributed by atoms with Gasteiger partial charge in [0, 0.05) is 0 Å². The van der Waals surface area contributed by atoms with Crippen LogP contribution in [0.2, 0.25) is 0 Å². The Morgan fingerprint density at radius 3 is 2.78 bits per heavy atom. The summed E-state index contributed by atoms with van der Waals surface area (Å²) in [4.78, 5) is 10.2. The smallest absolute Gasteiger partial charge is 0.186 e. The highest BCUT2D eigenvalue weighted by Gasteiger charge is 1.89. The second kappa shape index (κ2) is 5.48. The number of alkyl halides is 1. The number of carbonyl (C=O) groups excluding carboxylic acids is 1. The zero-order chi connectivity index (χ0) is 7.11. The third-order valence-electron chi connectivity index (χ3n) is 0.891. The molecule has 0 N–H and O–H groups in total. The lowest BCUT2D eigenvalue weighted by Gasteiger charge is -1.82. The number of rotatable bonds is 4. The first-order chi connectivity index (χ1) is 4.31. The molecule has 0 aromatic carbocycles. The molecule has 2 heteroatoms. The molecular formula is C7H11FO. The Hall–Kier alpha value is -0.660. The molecule has 0 aromatic heterocycles. The fourth-order valence-corrected chi connectivity index (χ4v) is 0.426. The summed E-state index contributed by atoms with van der Waals surface area (Å²) in [6, 6.07) is 0. The van der Waals surface area contributed by atoms with Gasteiger partial charge in [0.15, 0.2) is 12.5 Å². The van der Waals surface area contributed by atoms with Gasteiger partial charge in [-0.3, -0.25) is 4.79 Å². The number of ketones is 1. The lowest BCUT2D eigenvalue weighted by Crippen LogP contribution is -1.92. The van der Waals surface area contributed by atoms with E-state index >= 15 is 0 Å². The van der Waals surface area contributed by atoms with Crippen LogP contribution in [0, 0.1) is 0 Å². The summed E-state index contributed by atoms with van der Waals surface area (Å²) in [5, 5.41) is 0. The molecule has 0 unspecified atom stereocenters. The second-order valence-corrected chi connectivity index (χ2v) is 1.79. The average Bonchev–Trinajstić information content (AvgIpc) is 1.89. The first-order valence-corrected chi connectivity index (χ1v) is 3.06. The molecule has 0 saturated carbocycles. The molecule has 0 aliphatic rings. The molecule has 0 aliphatic carbocycles. The number of allylic oxidation sites excluding steroid dienone is 2. The van der Waals surface area contributed by atoms with Crippen molar-refractivity contribution >= 4 is 5.78 Å². The number of unbranched alkanes of at least 4 members (excludes halogenated alkanes) is 1. The van der Waals surface area contributed by atoms with E-state index in [1.54, 1.807) is 6.08 Å². The third-order valence-corrected chi connectivity index (χ3v) is 0.891. The van der Waals surface area contributed by atoms with E-state index < -0.39 is 12.5 Å². The standard InChI is InChI=1S/C7H11FO/c1-2-3-4-5-7(9)6-8/h4-5H,2-3,6H2,1H3/b5-4+. The molecule has 0 saturated heterocycles. The molecule has 0 fully saturated rings. The molecule has 0 heterocycles. The topological polar surface area (TPSA) is 17.1 Å². The molecule has 0 atom stereocenters. The summed E-state index contributed by atoms with van der Waals surface area (Å²) in [6.07, 6.45) is 4.84. The van der Waals surface area contributed by atoms with Crippen LogP contribution in [0.15, 0.2) is 12.2 Å². The minimum Gasteiger partial charge on any atom is -0.292 e. The van der Waals surface area contributed by atoms with Gasteiger partial charge in [0.2, 0.25) is 0 Å². The Morgan fingerprint density at radius 2 is 2.33 bits per heavy atom. The van der Waals surface area contributed by atoms with E-state index in [4.69, 9.17) is 0 Å². The predicted octanol–water partition coefficient (Wildman–Crippen LogP) is 1.88. The van der Waals surface area contributed by atoms with Gasteiger partial charge in [-0.15, -0.1) is 0 Å². The van der Waals surface area contributed by atoms with Crippen molar-refractivity contribution in [2.45, 2.75) is 19.8 Å². The quantitative estimate of drug-likeness (QED) is 0.531. The van der Waals surface area contributed by atoms with Crippen LogP contribution in [0.3, 0.4) is 0 Å². The van der Waals surface area contributed by atoms with Crippen molar-refractivity contribution in [3.63, 3.8) is 0 Å². The molecule has 0 radical (unpaired) electrons. The van der Waals surface area contributed by atoms with E-state index in [0.29, 0.717) is 0 Å². The number of hydrogen-bond donors (Lipinski definition) is 0. The fourth-order valence-electron chi connectivity index (χ4n) is 0.426. The zero-order valence-electron chi connectivity index (χ0n) is 5.56. The maximum absolute atomic E-state index is 11.4. The normalized spacial score (nSPS) is 10.4. The van der Waals surface area contributed by atoms with E-state index in [1.807, 2.05) is 6.92 Å². The number of carbonyl (C=O) groups is 1. The maximum atomic E-state index is 11.4. The van der Waals surface area contributed by atoms with E-state index in [-0.39, 0.29) is 0 Å². The highest BCUT2D eigenvalue weighted by atomic mass is 19.1. The van der Waals surface area contributed by atoms with Gasteiger partial charge >= 0.3 is 0 Å². The van der Waals surface area contributed by atoms with Crippen LogP contribution >= 0.6 is 0 Å². The van der Waals surface area contributed by atoms with Gasteiger partial charge in [0.1, 0.15) is 0 Å². The summed E-state index contributed by atoms with van der Waals surface area (Å²) in [5.41, 5.74) is 0. The molecule has 0 amide bonds. The summed E-state index contributed by atoms with van der Waals surface area (Å²) >= 11 is 0. The van der Waals surface area contributed by atoms with Crippen LogP contribution in [-0.2, 0) is 4.79 Å². The molecular weight excluding hydrogens is 119 g/mol. The highest BCUT2D eigenvalue weighted by molar-refractivity contribution is 5.90. The van der Waals surface area contributed by atoms with Gasteiger partial charge in [0.25, 0.3) is 0 Å². The predicted molar refractivity (Wildman–Crippen MR) is 35.0 cm³/mol. The molecule has 1 nitrogen and oxygen atoms in total. The Labute approximate surface area is 54.6 Å². The summed E-state index contributed by atoms with van der Waals surface area (Å²) in [5.74, 6) is -0.441. The molecule has 9 heavy (non-hydrogen) atoms. The van der Waals surface area contributed by atoms with Crippen molar-refractivity contribution < 1.29 is 9.18 Å². The van der Waals surface area contributed by atoms with Gasteiger partial charge in [0.05, 0.1) is 0 Å². The van der Waals surface area contributed by atoms with Gasteiger partial charge in [-0.1, -0.05) is 19.4 Å². The van der Waals surface area contributed by atoms with Gasteiger partial charge < -0.3 is 0 Å². The lowest BCUT2D eigenvalue weighted by atomic mass is 10.3. The Morgan fingerprint density at radius 1 is 1.67 bits per heavy atom. The number of halogens is 1. The molecule has 0 aliphatic heterocycles. The van der Waals surface area contributed by atoms with Gasteiger partial charge in [-0.2, -0.15) is 0 Å². The third kappa shape index (κ3) is 5.21. The van der Waals surface area contributed by atoms with E-state index in [1.165, 1.54) is 6.08 Å². The molecule has 0 aromatic rings. The van der Waals surface area contributed by atoms with Gasteiger partial charge in [-0.05, 0) is 12.5 Å². The average molecular weight is 130 g/mol. The van der Waals surface area contributed by atoms with Crippen molar-refractivity contribution in [2.75, 3.05) is 6.67 Å². The van der Waals surface area contributed by atoms with Crippen LogP contribution < -0.4 is 0 Å². The van der Waals surface area contributed by atoms with Crippen molar-refractivity contribution in [3.05, 3.63) is 12.2 Å². The monoisotopic (exact) mass is 130 g/mol. The van der Waals surface area contributed by atoms with Crippen molar-refractivity contribution in [1.29, 1.82) is 0 Å². The lowest BCUT2D eigenvalue weighted by molar-refractivity contribution is -0.115. The minimum atomic E-state index is -0.875. The van der Waals surface area contributed by atoms with Crippen LogP contribution in [0.5, 0.6) is 0 Å². The summed E-state index contributed by atoms with van der Waals surface area (Å²) < 4.78 is 11.4. The first kappa shape index (κ1) is 8.34. The fraction of sp³-hybridized carbons (Fsp3) is 0.571. The molecule has 0 spiro atoms. The van der Waals surface area contributed by atoms with Crippen molar-refractivity contribution in [2.24, 2.45) is 0 Å². The highest BCUT2D eigenvalue weighted by Crippen LogP contribution is 1.88. The Bertz CT molecular complexity index is 107. The SMILES string of the molecule is CCC/C=C/C(=O)CF. The van der Waals surface area contributed by atoms with Crippen molar-refractivity contribution in [3.8, 4) is 0 Å². The summed E-state index contributed by atoms with van der Waals surface area (Å²) in [6.45, 7) is 1.13. The Balaban J connectivity index is 3.32. The second-order valence-electron chi connectivity index (χ2n) is 1.79. The van der Waals surface area contributed by atoms with Crippen LogP contribution in [0.25, 0.3) is 0 Å². The minimum absolute atomic E-state index is 0.441. The number of hydrogen-bond acceptors (Lipinski definition) is 1. The van der Waals surface area contributed by atoms with E-state index in [2.05, 4.69) is 0 Å². The molecule has 0 rings (SSSR count). The van der Waals surface area contributed by atoms with Gasteiger partial charge in [-0.25, -0.2) is 4.39 Å². The first-order valence-electron chi connectivity index (χ1n) is 3.06. The van der Waals surface area contributed by atoms with E-state index in [0.717, 1.165) is 12.8 Å². The zero-order valence-corrected chi connectivity index (χ0v) is 5.56. The molecule has 0 bridgehead atoms. The van der Waals surface area contributed by atoms with Crippen LogP contribution in [0.1, 0.15) is 19.8 Å². The van der Waals surface area contributed by atoms with E-state index in [9.17, 15) is 9.18 Å². The van der Waals surface area contributed by atoms with Crippen LogP contribution in [-0.4, -0.2) is 12.5 Å². The van der Waals surface area contributed by atoms with Crippen LogP contribution in [0.4, 0.5) is 4.39 Å². The summed E-state index contributed by atoms with van der Waals surface area (Å²) in [7, 11) is 0. The Kier molecular flexibility index (Phi) is 5.07. The maximum Gasteiger partial charge on any atom is 0.186 e. The largest absolute Gasteiger partial charge is 0.292 e. The van der Waals surface area contributed by atoms with Crippen molar-refractivity contribution in [1.82, 2.24) is 0 Å². The molecule has 52 valence electrons.